The van der Waals surface area contributed by atoms with Crippen LogP contribution >= 0.6 is 0 Å². The van der Waals surface area contributed by atoms with Gasteiger partial charge in [-0.05, 0) is 18.2 Å². The van der Waals surface area contributed by atoms with Crippen molar-refractivity contribution < 1.29 is 27.7 Å². The maximum absolute atomic E-state index is 12.3. The van der Waals surface area contributed by atoms with Crippen molar-refractivity contribution in [2.24, 2.45) is 0 Å². The van der Waals surface area contributed by atoms with Gasteiger partial charge in [0.15, 0.2) is 0 Å². The van der Waals surface area contributed by atoms with E-state index in [4.69, 9.17) is 0 Å². The third-order valence-corrected chi connectivity index (χ3v) is 3.03. The third kappa shape index (κ3) is 2.52. The van der Waals surface area contributed by atoms with Crippen LogP contribution in [0.25, 0.3) is 21.8 Å². The summed E-state index contributed by atoms with van der Waals surface area (Å²) in [5.74, 6) is -2.36. The lowest BCUT2D eigenvalue weighted by Gasteiger charge is -2.08. The minimum absolute atomic E-state index is 0.128. The summed E-state index contributed by atoms with van der Waals surface area (Å²) in [5, 5.41) is 1.22. The molecule has 0 fully saturated rings. The molecule has 0 spiro atoms. The smallest absolute Gasteiger partial charge is 0.419 e. The molecule has 1 N–H and O–H groups in total. The molecule has 0 aliphatic heterocycles. The van der Waals surface area contributed by atoms with Crippen LogP contribution in [0.3, 0.4) is 0 Å². The van der Waals surface area contributed by atoms with E-state index in [1.165, 1.54) is 12.1 Å². The summed E-state index contributed by atoms with van der Waals surface area (Å²) in [6.07, 6.45) is -5.03. The molecule has 1 heterocycles. The zero-order valence-corrected chi connectivity index (χ0v) is 10.6. The number of benzene rings is 2. The number of aromatic amines is 1. The molecular weight excluding hydrogens is 283 g/mol. The highest BCUT2D eigenvalue weighted by Gasteiger charge is 2.41. The number of alkyl halides is 3. The number of carbonyl (C=O) groups is 1. The van der Waals surface area contributed by atoms with Gasteiger partial charge < -0.3 is 4.74 Å². The van der Waals surface area contributed by atoms with Crippen LogP contribution in [0, 0.1) is 0 Å². The van der Waals surface area contributed by atoms with Crippen molar-refractivity contribution in [1.82, 2.24) is 0 Å². The predicted octanol–water partition coefficient (Wildman–Crippen LogP) is 3.27. The maximum Gasteiger partial charge on any atom is 0.491 e. The SMILES string of the molecule is O=C(Oc1cccc2[nH+]c3ccccc3cc12)C(F)(F)F. The van der Waals surface area contributed by atoms with Gasteiger partial charge >= 0.3 is 12.1 Å². The van der Waals surface area contributed by atoms with E-state index in [1.54, 1.807) is 12.1 Å². The number of hydrogen-bond acceptors (Lipinski definition) is 2. The lowest BCUT2D eigenvalue weighted by atomic mass is 10.1. The summed E-state index contributed by atoms with van der Waals surface area (Å²) in [6.45, 7) is 0. The minimum atomic E-state index is -5.03. The highest BCUT2D eigenvalue weighted by Crippen LogP contribution is 2.28. The molecule has 3 rings (SSSR count). The first-order valence-electron chi connectivity index (χ1n) is 6.08. The second-order valence-electron chi connectivity index (χ2n) is 4.46. The van der Waals surface area contributed by atoms with E-state index in [-0.39, 0.29) is 5.75 Å². The number of aromatic nitrogens is 1. The molecule has 6 heteroatoms. The quantitative estimate of drug-likeness (QED) is 0.392. The van der Waals surface area contributed by atoms with Crippen LogP contribution in [0.4, 0.5) is 13.2 Å². The Kier molecular flexibility index (Phi) is 3.01. The third-order valence-electron chi connectivity index (χ3n) is 3.03. The lowest BCUT2D eigenvalue weighted by Crippen LogP contribution is -2.28. The molecule has 106 valence electrons. The molecule has 0 unspecified atom stereocenters. The van der Waals surface area contributed by atoms with Gasteiger partial charge in [0.25, 0.3) is 0 Å². The largest absolute Gasteiger partial charge is 0.491 e. The van der Waals surface area contributed by atoms with E-state index in [9.17, 15) is 18.0 Å². The lowest BCUT2D eigenvalue weighted by molar-refractivity contribution is -0.310. The van der Waals surface area contributed by atoms with E-state index in [0.29, 0.717) is 10.9 Å². The fraction of sp³-hybridized carbons (Fsp3) is 0.0667. The first-order valence-corrected chi connectivity index (χ1v) is 6.08. The second kappa shape index (κ2) is 4.73. The van der Waals surface area contributed by atoms with Gasteiger partial charge in [-0.15, -0.1) is 0 Å². The molecule has 0 amide bonds. The molecule has 3 aromatic rings. The molecule has 0 aliphatic rings. The van der Waals surface area contributed by atoms with E-state index in [1.807, 2.05) is 24.3 Å². The van der Waals surface area contributed by atoms with Crippen molar-refractivity contribution in [1.29, 1.82) is 0 Å². The van der Waals surface area contributed by atoms with Crippen LogP contribution in [-0.4, -0.2) is 12.1 Å². The number of H-pyrrole nitrogens is 1. The second-order valence-corrected chi connectivity index (χ2v) is 4.46. The summed E-state index contributed by atoms with van der Waals surface area (Å²) in [4.78, 5) is 14.1. The Balaban J connectivity index is 2.15. The van der Waals surface area contributed by atoms with Crippen LogP contribution in [0.15, 0.2) is 48.5 Å². The van der Waals surface area contributed by atoms with Crippen LogP contribution in [0.2, 0.25) is 0 Å². The normalized spacial score (nSPS) is 11.8. The topological polar surface area (TPSA) is 40.4 Å². The average Bonchev–Trinajstić information content (AvgIpc) is 2.44. The van der Waals surface area contributed by atoms with Crippen LogP contribution in [-0.2, 0) is 4.79 Å². The highest BCUT2D eigenvalue weighted by molar-refractivity contribution is 5.93. The molecule has 0 atom stereocenters. The molecular formula is C15H9F3NO2+. The van der Waals surface area contributed by atoms with E-state index in [0.717, 1.165) is 10.9 Å². The van der Waals surface area contributed by atoms with Gasteiger partial charge in [-0.2, -0.15) is 13.2 Å². The van der Waals surface area contributed by atoms with Gasteiger partial charge in [0.1, 0.15) is 5.75 Å². The average molecular weight is 292 g/mol. The number of nitrogens with one attached hydrogen (secondary N) is 1. The van der Waals surface area contributed by atoms with Crippen LogP contribution < -0.4 is 9.72 Å². The molecule has 0 saturated carbocycles. The fourth-order valence-electron chi connectivity index (χ4n) is 2.09. The summed E-state index contributed by atoms with van der Waals surface area (Å²) in [6, 6.07) is 13.6. The Labute approximate surface area is 117 Å². The number of esters is 1. The number of hydrogen-bond donors (Lipinski definition) is 0. The van der Waals surface area contributed by atoms with Gasteiger partial charge in [0, 0.05) is 17.5 Å². The molecule has 0 aliphatic carbocycles. The van der Waals surface area contributed by atoms with Gasteiger partial charge in [0.2, 0.25) is 11.0 Å². The van der Waals surface area contributed by atoms with Gasteiger partial charge in [-0.1, -0.05) is 18.2 Å². The Morgan fingerprint density at radius 2 is 1.71 bits per heavy atom. The Morgan fingerprint density at radius 3 is 2.48 bits per heavy atom. The summed E-state index contributed by atoms with van der Waals surface area (Å²) in [5.41, 5.74) is 1.42. The van der Waals surface area contributed by atoms with Gasteiger partial charge in [-0.25, -0.2) is 9.78 Å². The number of halogens is 3. The van der Waals surface area contributed by atoms with E-state index >= 15 is 0 Å². The van der Waals surface area contributed by atoms with Crippen molar-refractivity contribution in [2.75, 3.05) is 0 Å². The van der Waals surface area contributed by atoms with Crippen LogP contribution in [0.5, 0.6) is 5.75 Å². The fourth-order valence-corrected chi connectivity index (χ4v) is 2.09. The first-order chi connectivity index (χ1) is 9.95. The molecule has 21 heavy (non-hydrogen) atoms. The Hall–Kier alpha value is -2.63. The van der Waals surface area contributed by atoms with Crippen molar-refractivity contribution in [3.05, 3.63) is 48.5 Å². The summed E-state index contributed by atoms with van der Waals surface area (Å²) in [7, 11) is 0. The van der Waals surface area contributed by atoms with Crippen molar-refractivity contribution in [3.8, 4) is 5.75 Å². The molecule has 0 bridgehead atoms. The molecule has 3 nitrogen and oxygen atoms in total. The zero-order chi connectivity index (χ0) is 15.0. The number of para-hydroxylation sites is 1. The first kappa shape index (κ1) is 13.4. The van der Waals surface area contributed by atoms with E-state index < -0.39 is 12.1 Å². The van der Waals surface area contributed by atoms with E-state index in [2.05, 4.69) is 9.72 Å². The number of fused-ring (bicyclic) bond motifs is 2. The predicted molar refractivity (Wildman–Crippen MR) is 69.7 cm³/mol. The number of rotatable bonds is 1. The maximum atomic E-state index is 12.3. The molecule has 0 saturated heterocycles. The van der Waals surface area contributed by atoms with Crippen LogP contribution in [0.1, 0.15) is 0 Å². The molecule has 2 aromatic carbocycles. The summed E-state index contributed by atoms with van der Waals surface area (Å²) < 4.78 is 41.4. The van der Waals surface area contributed by atoms with Crippen molar-refractivity contribution in [2.45, 2.75) is 6.18 Å². The minimum Gasteiger partial charge on any atom is -0.419 e. The highest BCUT2D eigenvalue weighted by atomic mass is 19.4. The molecule has 0 radical (unpaired) electrons. The zero-order valence-electron chi connectivity index (χ0n) is 10.6. The van der Waals surface area contributed by atoms with Gasteiger partial charge in [0.05, 0.1) is 5.39 Å². The standard InChI is InChI=1S/C15H8F3NO2/c16-15(17,18)14(20)21-13-7-3-6-12-10(13)8-9-4-1-2-5-11(9)19-12/h1-8H/p+1. The number of carbonyl (C=O) groups excluding carboxylic acids is 1. The Bertz CT molecular complexity index is 843. The monoisotopic (exact) mass is 292 g/mol. The van der Waals surface area contributed by atoms with Gasteiger partial charge in [-0.3, -0.25) is 0 Å². The van der Waals surface area contributed by atoms with Crippen molar-refractivity contribution in [3.63, 3.8) is 0 Å². The Morgan fingerprint density at radius 1 is 1.00 bits per heavy atom. The molecule has 1 aromatic heterocycles. The number of ether oxygens (including phenoxy) is 1. The van der Waals surface area contributed by atoms with Crippen molar-refractivity contribution >= 4 is 27.8 Å². The summed E-state index contributed by atoms with van der Waals surface area (Å²) >= 11 is 0. The number of pyridine rings is 1.